The number of H-pyrrole nitrogens is 1. The number of halogens is 2. The van der Waals surface area contributed by atoms with Crippen LogP contribution in [0.1, 0.15) is 19.3 Å². The van der Waals surface area contributed by atoms with Gasteiger partial charge in [-0.05, 0) is 28.8 Å². The lowest BCUT2D eigenvalue weighted by molar-refractivity contribution is -0.116. The van der Waals surface area contributed by atoms with Gasteiger partial charge in [-0.25, -0.2) is 4.98 Å². The first-order valence-corrected chi connectivity index (χ1v) is 8.41. The van der Waals surface area contributed by atoms with Crippen LogP contribution in [0.4, 0.5) is 15.8 Å². The van der Waals surface area contributed by atoms with Crippen LogP contribution in [-0.2, 0) is 4.79 Å². The Morgan fingerprint density at radius 2 is 2.43 bits per heavy atom. The average molecular weight is 384 g/mol. The molecule has 1 amide bonds. The molecule has 23 heavy (non-hydrogen) atoms. The molecule has 0 aromatic carbocycles. The summed E-state index contributed by atoms with van der Waals surface area (Å²) in [7, 11) is 0. The first-order chi connectivity index (χ1) is 11.1. The van der Waals surface area contributed by atoms with Crippen LogP contribution in [0, 0.1) is 0 Å². The minimum Gasteiger partial charge on any atom is -0.368 e. The number of amides is 1. The number of hydrogen-bond acceptors (Lipinski definition) is 4. The molecule has 0 saturated carbocycles. The Morgan fingerprint density at radius 1 is 1.61 bits per heavy atom. The number of hydrogen-bond donors (Lipinski definition) is 3. The zero-order chi connectivity index (χ0) is 16.4. The summed E-state index contributed by atoms with van der Waals surface area (Å²) in [5.74, 6) is -0.352. The Bertz CT molecular complexity index is 719. The van der Waals surface area contributed by atoms with E-state index in [-0.39, 0.29) is 18.4 Å². The monoisotopic (exact) mass is 383 g/mol. The molecule has 3 rings (SSSR count). The third kappa shape index (κ3) is 3.32. The highest BCUT2D eigenvalue weighted by molar-refractivity contribution is 9.10. The Morgan fingerprint density at radius 3 is 3.17 bits per heavy atom. The van der Waals surface area contributed by atoms with Crippen molar-refractivity contribution in [3.63, 3.8) is 0 Å². The van der Waals surface area contributed by atoms with Crippen molar-refractivity contribution in [2.45, 2.75) is 25.3 Å². The van der Waals surface area contributed by atoms with E-state index in [1.807, 2.05) is 0 Å². The van der Waals surface area contributed by atoms with Gasteiger partial charge in [0.2, 0.25) is 5.91 Å². The van der Waals surface area contributed by atoms with Crippen molar-refractivity contribution in [2.75, 3.05) is 30.0 Å². The molecule has 4 N–H and O–H groups in total. The van der Waals surface area contributed by atoms with E-state index in [9.17, 15) is 9.18 Å². The number of aromatic amines is 1. The second-order valence-corrected chi connectivity index (χ2v) is 6.57. The number of carbonyl (C=O) groups excluding carboxylic acids is 1. The van der Waals surface area contributed by atoms with E-state index < -0.39 is 6.67 Å². The average Bonchev–Trinajstić information content (AvgIpc) is 2.90. The standard InChI is InChI=1S/C15H19BrFN5O/c16-10-6-19-15-13(11(7-20-15)21-12(23)3-4-17)14(10)22-5-1-2-9(18)8-22/h6-7,9H,1-5,8,18H2,(H,19,20)(H,21,23)/t9-/m1/s1. The highest BCUT2D eigenvalue weighted by Gasteiger charge is 2.23. The van der Waals surface area contributed by atoms with Crippen molar-refractivity contribution < 1.29 is 9.18 Å². The second-order valence-electron chi connectivity index (χ2n) is 5.72. The lowest BCUT2D eigenvalue weighted by atomic mass is 10.1. The largest absolute Gasteiger partial charge is 0.368 e. The summed E-state index contributed by atoms with van der Waals surface area (Å²) in [6.07, 6.45) is 5.30. The van der Waals surface area contributed by atoms with Crippen molar-refractivity contribution in [3.05, 3.63) is 16.9 Å². The Balaban J connectivity index is 2.03. The van der Waals surface area contributed by atoms with E-state index in [0.29, 0.717) is 11.3 Å². The van der Waals surface area contributed by atoms with Gasteiger partial charge in [0.15, 0.2) is 0 Å². The van der Waals surface area contributed by atoms with Crippen LogP contribution in [0.5, 0.6) is 0 Å². The van der Waals surface area contributed by atoms with Crippen LogP contribution in [0.25, 0.3) is 11.0 Å². The summed E-state index contributed by atoms with van der Waals surface area (Å²) in [5.41, 5.74) is 8.35. The quantitative estimate of drug-likeness (QED) is 0.756. The van der Waals surface area contributed by atoms with Crippen molar-refractivity contribution >= 4 is 44.2 Å². The molecule has 0 unspecified atom stereocenters. The molecule has 6 nitrogen and oxygen atoms in total. The molecule has 2 aromatic rings. The lowest BCUT2D eigenvalue weighted by Gasteiger charge is -2.33. The molecule has 1 aliphatic heterocycles. The molecular weight excluding hydrogens is 365 g/mol. The van der Waals surface area contributed by atoms with Gasteiger partial charge in [0.25, 0.3) is 0 Å². The first kappa shape index (κ1) is 16.2. The maximum Gasteiger partial charge on any atom is 0.227 e. The van der Waals surface area contributed by atoms with Crippen LogP contribution in [-0.4, -0.2) is 41.7 Å². The lowest BCUT2D eigenvalue weighted by Crippen LogP contribution is -2.43. The van der Waals surface area contributed by atoms with E-state index in [2.05, 4.69) is 36.1 Å². The van der Waals surface area contributed by atoms with Gasteiger partial charge in [0.1, 0.15) is 5.65 Å². The molecule has 0 aliphatic carbocycles. The maximum atomic E-state index is 12.4. The molecule has 8 heteroatoms. The normalized spacial score (nSPS) is 18.4. The molecule has 1 aliphatic rings. The van der Waals surface area contributed by atoms with Gasteiger partial charge in [0.05, 0.1) is 34.3 Å². The summed E-state index contributed by atoms with van der Waals surface area (Å²) < 4.78 is 13.2. The zero-order valence-electron chi connectivity index (χ0n) is 12.6. The Kier molecular flexibility index (Phi) is 4.82. The Hall–Kier alpha value is -1.67. The molecule has 0 radical (unpaired) electrons. The molecule has 3 heterocycles. The topological polar surface area (TPSA) is 87.0 Å². The van der Waals surface area contributed by atoms with Crippen LogP contribution >= 0.6 is 15.9 Å². The van der Waals surface area contributed by atoms with Crippen molar-refractivity contribution in [1.29, 1.82) is 0 Å². The number of nitrogens with one attached hydrogen (secondary N) is 2. The van der Waals surface area contributed by atoms with Gasteiger partial charge in [-0.1, -0.05) is 0 Å². The molecular formula is C15H19BrFN5O. The smallest absolute Gasteiger partial charge is 0.227 e. The fourth-order valence-electron chi connectivity index (χ4n) is 2.98. The number of nitrogens with zero attached hydrogens (tertiary/aromatic N) is 2. The number of carbonyl (C=O) groups is 1. The number of alkyl halides is 1. The SMILES string of the molecule is N[C@@H]1CCCN(c2c(Br)cnc3[nH]cc(NC(=O)CCF)c23)C1. The van der Waals surface area contributed by atoms with Gasteiger partial charge in [-0.15, -0.1) is 0 Å². The van der Waals surface area contributed by atoms with E-state index >= 15 is 0 Å². The number of aromatic nitrogens is 2. The number of pyridine rings is 1. The predicted molar refractivity (Wildman–Crippen MR) is 92.4 cm³/mol. The van der Waals surface area contributed by atoms with Gasteiger partial charge in [-0.2, -0.15) is 0 Å². The summed E-state index contributed by atoms with van der Waals surface area (Å²) in [4.78, 5) is 21.4. The molecule has 0 spiro atoms. The molecule has 1 atom stereocenters. The van der Waals surface area contributed by atoms with Crippen molar-refractivity contribution in [3.8, 4) is 0 Å². The summed E-state index contributed by atoms with van der Waals surface area (Å²) in [5, 5.41) is 3.57. The number of anilines is 2. The maximum absolute atomic E-state index is 12.4. The molecule has 124 valence electrons. The zero-order valence-corrected chi connectivity index (χ0v) is 14.2. The van der Waals surface area contributed by atoms with Gasteiger partial charge < -0.3 is 20.9 Å². The third-order valence-electron chi connectivity index (χ3n) is 4.00. The van der Waals surface area contributed by atoms with Crippen LogP contribution in [0.3, 0.4) is 0 Å². The van der Waals surface area contributed by atoms with E-state index in [4.69, 9.17) is 5.73 Å². The number of fused-ring (bicyclic) bond motifs is 1. The van der Waals surface area contributed by atoms with Crippen molar-refractivity contribution in [1.82, 2.24) is 9.97 Å². The fourth-order valence-corrected chi connectivity index (χ4v) is 3.53. The van der Waals surface area contributed by atoms with E-state index in [1.165, 1.54) is 0 Å². The second kappa shape index (κ2) is 6.84. The highest BCUT2D eigenvalue weighted by Crippen LogP contribution is 2.38. The number of rotatable bonds is 4. The fraction of sp³-hybridized carbons (Fsp3) is 0.467. The molecule has 1 fully saturated rings. The predicted octanol–water partition coefficient (Wildman–Crippen LogP) is 2.55. The summed E-state index contributed by atoms with van der Waals surface area (Å²) in [6.45, 7) is 0.971. The third-order valence-corrected chi connectivity index (χ3v) is 4.58. The highest BCUT2D eigenvalue weighted by atomic mass is 79.9. The first-order valence-electron chi connectivity index (χ1n) is 7.62. The molecule has 1 saturated heterocycles. The van der Waals surface area contributed by atoms with E-state index in [0.717, 1.165) is 41.5 Å². The Labute approximate surface area is 141 Å². The number of nitrogens with two attached hydrogens (primary N) is 1. The van der Waals surface area contributed by atoms with Crippen molar-refractivity contribution in [2.24, 2.45) is 5.73 Å². The summed E-state index contributed by atoms with van der Waals surface area (Å²) >= 11 is 3.56. The van der Waals surface area contributed by atoms with Gasteiger partial charge in [-0.3, -0.25) is 9.18 Å². The molecule has 0 bridgehead atoms. The van der Waals surface area contributed by atoms with E-state index in [1.54, 1.807) is 12.4 Å². The van der Waals surface area contributed by atoms with Crippen LogP contribution in [0.2, 0.25) is 0 Å². The van der Waals surface area contributed by atoms with Crippen LogP contribution in [0.15, 0.2) is 16.9 Å². The van der Waals surface area contributed by atoms with Crippen LogP contribution < -0.4 is 16.0 Å². The van der Waals surface area contributed by atoms with Gasteiger partial charge >= 0.3 is 0 Å². The minimum absolute atomic E-state index is 0.127. The molecule has 2 aromatic heterocycles. The number of piperidine rings is 1. The summed E-state index contributed by atoms with van der Waals surface area (Å²) in [6, 6.07) is 0.127. The van der Waals surface area contributed by atoms with Gasteiger partial charge in [0, 0.05) is 31.5 Å². The minimum atomic E-state index is -0.677.